The number of hydrogen-bond donors (Lipinski definition) is 0. The summed E-state index contributed by atoms with van der Waals surface area (Å²) in [5.74, 6) is -1.28. The molecule has 25 heavy (non-hydrogen) atoms. The Morgan fingerprint density at radius 2 is 2.00 bits per heavy atom. The van der Waals surface area contributed by atoms with Crippen LogP contribution < -0.4 is 4.90 Å². The van der Waals surface area contributed by atoms with Crippen LogP contribution in [-0.2, 0) is 17.4 Å². The number of nitrogens with zero attached hydrogens (tertiary/aromatic N) is 4. The molecule has 0 radical (unpaired) electrons. The van der Waals surface area contributed by atoms with Crippen molar-refractivity contribution < 1.29 is 14.0 Å². The van der Waals surface area contributed by atoms with Crippen LogP contribution in [0.1, 0.15) is 18.9 Å². The molecular formula is C16H15BrClFN4O2. The molecule has 1 atom stereocenters. The summed E-state index contributed by atoms with van der Waals surface area (Å²) in [7, 11) is 3.32. The number of benzene rings is 1. The van der Waals surface area contributed by atoms with Gasteiger partial charge in [0.25, 0.3) is 0 Å². The van der Waals surface area contributed by atoms with E-state index in [2.05, 4.69) is 21.0 Å². The number of amides is 3. The summed E-state index contributed by atoms with van der Waals surface area (Å²) < 4.78 is 16.4. The van der Waals surface area contributed by atoms with Crippen LogP contribution >= 0.6 is 27.5 Å². The first-order valence-electron chi connectivity index (χ1n) is 7.39. The molecule has 0 N–H and O–H groups in total. The first-order valence-corrected chi connectivity index (χ1v) is 8.56. The largest absolute Gasteiger partial charge is 0.331 e. The number of rotatable bonds is 2. The lowest BCUT2D eigenvalue weighted by molar-refractivity contribution is -0.122. The summed E-state index contributed by atoms with van der Waals surface area (Å²) in [6.45, 7) is 1.77. The Bertz CT molecular complexity index is 864. The smallest absolute Gasteiger partial charge is 0.317 e. The van der Waals surface area contributed by atoms with Gasteiger partial charge in [0.05, 0.1) is 23.2 Å². The third-order valence-electron chi connectivity index (χ3n) is 4.50. The number of aryl methyl sites for hydroxylation is 1. The standard InChI is InChI=1S/C16H15BrClFN4O2/c1-16(9-7-20-21(2)8-9)6-13(24)23(15(25)22(16)3)14-11(18)4-10(17)5-12(14)19/h4-5,7-8H,6H2,1-3H3. The van der Waals surface area contributed by atoms with Crippen molar-refractivity contribution in [2.45, 2.75) is 18.9 Å². The molecule has 1 unspecified atom stereocenters. The summed E-state index contributed by atoms with van der Waals surface area (Å²) in [4.78, 5) is 27.8. The second-order valence-electron chi connectivity index (χ2n) is 6.14. The van der Waals surface area contributed by atoms with Gasteiger partial charge in [-0.15, -0.1) is 0 Å². The number of urea groups is 1. The van der Waals surface area contributed by atoms with Crippen molar-refractivity contribution in [2.24, 2.45) is 7.05 Å². The van der Waals surface area contributed by atoms with Crippen LogP contribution in [0.2, 0.25) is 5.02 Å². The van der Waals surface area contributed by atoms with Gasteiger partial charge in [-0.2, -0.15) is 5.10 Å². The molecule has 1 aromatic heterocycles. The summed E-state index contributed by atoms with van der Waals surface area (Å²) in [5, 5.41) is 4.08. The highest BCUT2D eigenvalue weighted by molar-refractivity contribution is 9.10. The Labute approximate surface area is 157 Å². The summed E-state index contributed by atoms with van der Waals surface area (Å²) in [5.41, 5.74) is -0.391. The van der Waals surface area contributed by atoms with Crippen LogP contribution in [0.3, 0.4) is 0 Å². The molecule has 1 aliphatic heterocycles. The van der Waals surface area contributed by atoms with Crippen molar-refractivity contribution >= 4 is 45.2 Å². The number of anilines is 1. The molecule has 132 valence electrons. The number of carbonyl (C=O) groups is 2. The molecule has 1 saturated heterocycles. The van der Waals surface area contributed by atoms with Gasteiger partial charge in [-0.3, -0.25) is 9.48 Å². The molecule has 1 fully saturated rings. The highest BCUT2D eigenvalue weighted by Gasteiger charge is 2.48. The normalized spacial score (nSPS) is 21.2. The molecule has 3 amide bonds. The maximum atomic E-state index is 14.4. The third-order valence-corrected chi connectivity index (χ3v) is 5.24. The third kappa shape index (κ3) is 2.83. The number of aromatic nitrogens is 2. The lowest BCUT2D eigenvalue weighted by Crippen LogP contribution is -2.60. The second kappa shape index (κ2) is 6.10. The van der Waals surface area contributed by atoms with E-state index in [0.717, 1.165) is 16.5 Å². The molecule has 2 aromatic rings. The van der Waals surface area contributed by atoms with E-state index in [9.17, 15) is 14.0 Å². The van der Waals surface area contributed by atoms with Crippen molar-refractivity contribution in [3.63, 3.8) is 0 Å². The molecule has 1 aromatic carbocycles. The number of hydrogen-bond acceptors (Lipinski definition) is 3. The van der Waals surface area contributed by atoms with Crippen molar-refractivity contribution in [1.29, 1.82) is 0 Å². The van der Waals surface area contributed by atoms with Gasteiger partial charge in [0.1, 0.15) is 11.5 Å². The van der Waals surface area contributed by atoms with Crippen LogP contribution in [0.5, 0.6) is 0 Å². The van der Waals surface area contributed by atoms with Crippen LogP contribution in [0.25, 0.3) is 0 Å². The van der Waals surface area contributed by atoms with Gasteiger partial charge in [0.15, 0.2) is 0 Å². The van der Waals surface area contributed by atoms with Crippen molar-refractivity contribution in [3.05, 3.63) is 45.4 Å². The van der Waals surface area contributed by atoms with E-state index >= 15 is 0 Å². The van der Waals surface area contributed by atoms with E-state index in [1.807, 2.05) is 0 Å². The van der Waals surface area contributed by atoms with Gasteiger partial charge in [-0.1, -0.05) is 27.5 Å². The van der Waals surface area contributed by atoms with Crippen molar-refractivity contribution in [3.8, 4) is 0 Å². The van der Waals surface area contributed by atoms with E-state index in [-0.39, 0.29) is 17.1 Å². The molecule has 0 saturated carbocycles. The second-order valence-corrected chi connectivity index (χ2v) is 7.46. The van der Waals surface area contributed by atoms with Crippen molar-refractivity contribution in [1.82, 2.24) is 14.7 Å². The average Bonchev–Trinajstić information content (AvgIpc) is 2.95. The van der Waals surface area contributed by atoms with Crippen molar-refractivity contribution in [2.75, 3.05) is 11.9 Å². The highest BCUT2D eigenvalue weighted by Crippen LogP contribution is 2.40. The van der Waals surface area contributed by atoms with Crippen LogP contribution in [0.4, 0.5) is 14.9 Å². The zero-order chi connectivity index (χ0) is 18.5. The Kier molecular flexibility index (Phi) is 4.36. The minimum atomic E-state index is -0.878. The fraction of sp³-hybridized carbons (Fsp3) is 0.312. The lowest BCUT2D eigenvalue weighted by Gasteiger charge is -2.45. The zero-order valence-corrected chi connectivity index (χ0v) is 16.1. The molecule has 9 heteroatoms. The monoisotopic (exact) mass is 428 g/mol. The lowest BCUT2D eigenvalue weighted by atomic mass is 9.87. The number of carbonyl (C=O) groups excluding carboxylic acids is 2. The maximum absolute atomic E-state index is 14.4. The molecule has 0 spiro atoms. The highest BCUT2D eigenvalue weighted by atomic mass is 79.9. The molecular weight excluding hydrogens is 415 g/mol. The van der Waals surface area contributed by atoms with Gasteiger partial charge >= 0.3 is 6.03 Å². The van der Waals surface area contributed by atoms with E-state index in [1.54, 1.807) is 38.1 Å². The Morgan fingerprint density at radius 3 is 2.56 bits per heavy atom. The average molecular weight is 430 g/mol. The Hall–Kier alpha value is -1.93. The summed E-state index contributed by atoms with van der Waals surface area (Å²) >= 11 is 9.22. The van der Waals surface area contributed by atoms with E-state index < -0.39 is 23.3 Å². The van der Waals surface area contributed by atoms with E-state index in [4.69, 9.17) is 11.6 Å². The first-order chi connectivity index (χ1) is 11.6. The molecule has 1 aliphatic rings. The predicted molar refractivity (Wildman–Crippen MR) is 94.9 cm³/mol. The van der Waals surface area contributed by atoms with Gasteiger partial charge in [-0.05, 0) is 19.1 Å². The molecule has 0 aliphatic carbocycles. The topological polar surface area (TPSA) is 58.4 Å². The summed E-state index contributed by atoms with van der Waals surface area (Å²) in [6.07, 6.45) is 3.34. The molecule has 3 rings (SSSR count). The van der Waals surface area contributed by atoms with Crippen LogP contribution in [0, 0.1) is 5.82 Å². The fourth-order valence-corrected chi connectivity index (χ4v) is 3.78. The van der Waals surface area contributed by atoms with Crippen LogP contribution in [-0.4, -0.2) is 33.7 Å². The van der Waals surface area contributed by atoms with Gasteiger partial charge in [0, 0.05) is 30.3 Å². The van der Waals surface area contributed by atoms with E-state index in [1.165, 1.54) is 11.0 Å². The van der Waals surface area contributed by atoms with Gasteiger partial charge in [0.2, 0.25) is 5.91 Å². The zero-order valence-electron chi connectivity index (χ0n) is 13.8. The SMILES string of the molecule is CN1C(=O)N(c2c(F)cc(Br)cc2Cl)C(=O)CC1(C)c1cnn(C)c1. The molecule has 2 heterocycles. The first kappa shape index (κ1) is 17.9. The van der Waals surface area contributed by atoms with Gasteiger partial charge in [-0.25, -0.2) is 14.1 Å². The molecule has 6 nitrogen and oxygen atoms in total. The summed E-state index contributed by atoms with van der Waals surface area (Å²) in [6, 6.07) is 1.96. The minimum Gasteiger partial charge on any atom is -0.317 e. The molecule has 0 bridgehead atoms. The Morgan fingerprint density at radius 1 is 1.32 bits per heavy atom. The van der Waals surface area contributed by atoms with Crippen LogP contribution in [0.15, 0.2) is 29.0 Å². The number of imide groups is 1. The maximum Gasteiger partial charge on any atom is 0.331 e. The fourth-order valence-electron chi connectivity index (χ4n) is 2.92. The number of halogens is 3. The van der Waals surface area contributed by atoms with Gasteiger partial charge < -0.3 is 4.90 Å². The quantitative estimate of drug-likeness (QED) is 0.732. The predicted octanol–water partition coefficient (Wildman–Crippen LogP) is 3.68. The Balaban J connectivity index is 2.05. The minimum absolute atomic E-state index is 0.0211. The van der Waals surface area contributed by atoms with E-state index in [0.29, 0.717) is 4.47 Å².